The first-order valence-corrected chi connectivity index (χ1v) is 9.67. The fourth-order valence-corrected chi connectivity index (χ4v) is 3.11. The van der Waals surface area contributed by atoms with Crippen LogP contribution in [0.4, 0.5) is 11.4 Å². The van der Waals surface area contributed by atoms with E-state index in [1.807, 2.05) is 24.3 Å². The van der Waals surface area contributed by atoms with E-state index in [1.165, 1.54) is 6.92 Å². The lowest BCUT2D eigenvalue weighted by Crippen LogP contribution is -2.25. The second-order valence-corrected chi connectivity index (χ2v) is 6.86. The molecule has 1 aliphatic heterocycles. The van der Waals surface area contributed by atoms with Crippen LogP contribution in [0.5, 0.6) is 5.75 Å². The highest BCUT2D eigenvalue weighted by atomic mass is 16.5. The van der Waals surface area contributed by atoms with Gasteiger partial charge in [0.25, 0.3) is 0 Å². The molecule has 7 heteroatoms. The summed E-state index contributed by atoms with van der Waals surface area (Å²) in [4.78, 5) is 23.3. The van der Waals surface area contributed by atoms with Crippen LogP contribution in [0.15, 0.2) is 42.5 Å². The largest absolute Gasteiger partial charge is 0.491 e. The normalized spacial score (nSPS) is 14.4. The van der Waals surface area contributed by atoms with E-state index in [0.29, 0.717) is 30.0 Å². The lowest BCUT2D eigenvalue weighted by molar-refractivity contribution is -0.0388. The molecule has 3 N–H and O–H groups in total. The van der Waals surface area contributed by atoms with Gasteiger partial charge in [-0.15, -0.1) is 0 Å². The molecule has 1 heterocycles. The van der Waals surface area contributed by atoms with E-state index in [0.717, 1.165) is 37.5 Å². The summed E-state index contributed by atoms with van der Waals surface area (Å²) in [6, 6.07) is 12.1. The van der Waals surface area contributed by atoms with Crippen molar-refractivity contribution in [1.29, 1.82) is 0 Å². The molecule has 3 rings (SSSR count). The Morgan fingerprint density at radius 2 is 1.83 bits per heavy atom. The molecule has 1 aliphatic rings. The highest BCUT2D eigenvalue weighted by Crippen LogP contribution is 2.25. The quantitative estimate of drug-likeness (QED) is 0.497. The molecule has 154 valence electrons. The number of nitrogens with two attached hydrogens (primary N) is 1. The van der Waals surface area contributed by atoms with Crippen LogP contribution in [0.3, 0.4) is 0 Å². The van der Waals surface area contributed by atoms with Crippen LogP contribution in [0, 0.1) is 0 Å². The maximum absolute atomic E-state index is 11.9. The molecule has 1 saturated heterocycles. The Morgan fingerprint density at radius 1 is 1.10 bits per heavy atom. The van der Waals surface area contributed by atoms with Crippen molar-refractivity contribution in [3.63, 3.8) is 0 Å². The highest BCUT2D eigenvalue weighted by molar-refractivity contribution is 6.03. The number of benzene rings is 2. The van der Waals surface area contributed by atoms with Crippen molar-refractivity contribution < 1.29 is 23.8 Å². The fourth-order valence-electron chi connectivity index (χ4n) is 3.11. The fraction of sp³-hybridized carbons (Fsp3) is 0.364. The minimum Gasteiger partial charge on any atom is -0.491 e. The molecular formula is C22H26N2O5. The second-order valence-electron chi connectivity index (χ2n) is 6.86. The van der Waals surface area contributed by atoms with Gasteiger partial charge in [0.05, 0.1) is 18.4 Å². The van der Waals surface area contributed by atoms with Crippen LogP contribution in [-0.2, 0) is 9.47 Å². The zero-order valence-corrected chi connectivity index (χ0v) is 16.5. The molecule has 0 bridgehead atoms. The van der Waals surface area contributed by atoms with Gasteiger partial charge in [-0.1, -0.05) is 0 Å². The van der Waals surface area contributed by atoms with Gasteiger partial charge in [-0.2, -0.15) is 0 Å². The molecule has 0 aromatic heterocycles. The van der Waals surface area contributed by atoms with E-state index >= 15 is 0 Å². The Kier molecular flexibility index (Phi) is 7.21. The molecule has 0 spiro atoms. The van der Waals surface area contributed by atoms with Gasteiger partial charge in [0.2, 0.25) is 5.91 Å². The third-order valence-corrected chi connectivity index (χ3v) is 4.69. The minimum atomic E-state index is -0.546. The molecule has 0 aliphatic carbocycles. The van der Waals surface area contributed by atoms with Crippen molar-refractivity contribution in [2.75, 3.05) is 31.7 Å². The van der Waals surface area contributed by atoms with E-state index in [4.69, 9.17) is 19.9 Å². The predicted molar refractivity (Wildman–Crippen MR) is 110 cm³/mol. The Hall–Kier alpha value is -2.90. The van der Waals surface area contributed by atoms with Crippen LogP contribution in [-0.4, -0.2) is 44.2 Å². The number of carbonyl (C=O) groups excluding carboxylic acids is 2. The molecule has 1 amide bonds. The molecule has 0 atom stereocenters. The SMILES string of the molecule is CC(=O)c1ccc(C(N)=O)cc1Nc1ccc(OCCOC2CCOCC2)cc1. The van der Waals surface area contributed by atoms with Crippen molar-refractivity contribution in [1.82, 2.24) is 0 Å². The number of hydrogen-bond acceptors (Lipinski definition) is 6. The Bertz CT molecular complexity index is 845. The van der Waals surface area contributed by atoms with E-state index in [2.05, 4.69) is 5.32 Å². The van der Waals surface area contributed by atoms with Gasteiger partial charge in [0, 0.05) is 30.0 Å². The first kappa shape index (κ1) is 20.8. The molecule has 29 heavy (non-hydrogen) atoms. The summed E-state index contributed by atoms with van der Waals surface area (Å²) in [6.07, 6.45) is 2.12. The molecule has 1 fully saturated rings. The third kappa shape index (κ3) is 6.04. The lowest BCUT2D eigenvalue weighted by Gasteiger charge is -2.22. The first-order chi connectivity index (χ1) is 14.0. The average Bonchev–Trinajstić information content (AvgIpc) is 2.73. The summed E-state index contributed by atoms with van der Waals surface area (Å²) >= 11 is 0. The number of ether oxygens (including phenoxy) is 3. The number of anilines is 2. The number of ketones is 1. The standard InChI is InChI=1S/C22H26N2O5/c1-15(25)20-7-2-16(22(23)26)14-21(20)24-17-3-5-18(6-4-17)28-12-13-29-19-8-10-27-11-9-19/h2-7,14,19,24H,8-13H2,1H3,(H2,23,26). The molecule has 2 aromatic rings. The van der Waals surface area contributed by atoms with Crippen LogP contribution >= 0.6 is 0 Å². The molecular weight excluding hydrogens is 372 g/mol. The van der Waals surface area contributed by atoms with Crippen LogP contribution in [0.2, 0.25) is 0 Å². The number of rotatable bonds is 9. The number of Topliss-reactive ketones (excluding diaryl/α,β-unsaturated/α-hetero) is 1. The number of amides is 1. The maximum Gasteiger partial charge on any atom is 0.248 e. The average molecular weight is 398 g/mol. The van der Waals surface area contributed by atoms with Gasteiger partial charge >= 0.3 is 0 Å². The maximum atomic E-state index is 11.9. The topological polar surface area (TPSA) is 99.9 Å². The third-order valence-electron chi connectivity index (χ3n) is 4.69. The summed E-state index contributed by atoms with van der Waals surface area (Å²) in [5.74, 6) is 0.0756. The second kappa shape index (κ2) is 10.0. The monoisotopic (exact) mass is 398 g/mol. The van der Waals surface area contributed by atoms with Crippen molar-refractivity contribution in [2.24, 2.45) is 5.73 Å². The summed E-state index contributed by atoms with van der Waals surface area (Å²) in [5, 5.41) is 3.17. The Balaban J connectivity index is 1.55. The number of carbonyl (C=O) groups is 2. The molecule has 0 saturated carbocycles. The van der Waals surface area contributed by atoms with E-state index in [1.54, 1.807) is 18.2 Å². The minimum absolute atomic E-state index is 0.104. The highest BCUT2D eigenvalue weighted by Gasteiger charge is 2.14. The van der Waals surface area contributed by atoms with E-state index in [9.17, 15) is 9.59 Å². The van der Waals surface area contributed by atoms with Crippen molar-refractivity contribution in [2.45, 2.75) is 25.9 Å². The zero-order chi connectivity index (χ0) is 20.6. The van der Waals surface area contributed by atoms with E-state index < -0.39 is 5.91 Å². The van der Waals surface area contributed by atoms with Gasteiger partial charge in [0.1, 0.15) is 12.4 Å². The van der Waals surface area contributed by atoms with Crippen LogP contribution in [0.1, 0.15) is 40.5 Å². The van der Waals surface area contributed by atoms with Crippen molar-refractivity contribution in [3.05, 3.63) is 53.6 Å². The summed E-state index contributed by atoms with van der Waals surface area (Å²) < 4.78 is 16.8. The van der Waals surface area contributed by atoms with Crippen LogP contribution in [0.25, 0.3) is 0 Å². The lowest BCUT2D eigenvalue weighted by atomic mass is 10.1. The molecule has 7 nitrogen and oxygen atoms in total. The zero-order valence-electron chi connectivity index (χ0n) is 16.5. The molecule has 2 aromatic carbocycles. The van der Waals surface area contributed by atoms with Gasteiger partial charge in [-0.3, -0.25) is 9.59 Å². The summed E-state index contributed by atoms with van der Waals surface area (Å²) in [5.41, 5.74) is 7.46. The Labute approximate surface area is 170 Å². The van der Waals surface area contributed by atoms with Crippen molar-refractivity contribution in [3.8, 4) is 5.75 Å². The van der Waals surface area contributed by atoms with Gasteiger partial charge in [-0.05, 0) is 62.2 Å². The number of nitrogens with one attached hydrogen (secondary N) is 1. The van der Waals surface area contributed by atoms with Gasteiger partial charge in [0.15, 0.2) is 5.78 Å². The van der Waals surface area contributed by atoms with Crippen molar-refractivity contribution >= 4 is 23.1 Å². The molecule has 0 radical (unpaired) electrons. The predicted octanol–water partition coefficient (Wildman–Crippen LogP) is 3.31. The van der Waals surface area contributed by atoms with Crippen LogP contribution < -0.4 is 15.8 Å². The smallest absolute Gasteiger partial charge is 0.248 e. The van der Waals surface area contributed by atoms with E-state index in [-0.39, 0.29) is 11.9 Å². The molecule has 0 unspecified atom stereocenters. The Morgan fingerprint density at radius 3 is 2.48 bits per heavy atom. The summed E-state index contributed by atoms with van der Waals surface area (Å²) in [7, 11) is 0. The van der Waals surface area contributed by atoms with Gasteiger partial charge in [-0.25, -0.2) is 0 Å². The number of primary amides is 1. The van der Waals surface area contributed by atoms with Gasteiger partial charge < -0.3 is 25.3 Å². The summed E-state index contributed by atoms with van der Waals surface area (Å²) in [6.45, 7) is 4.00. The number of hydrogen-bond donors (Lipinski definition) is 2. The first-order valence-electron chi connectivity index (χ1n) is 9.67.